The summed E-state index contributed by atoms with van der Waals surface area (Å²) in [5, 5.41) is 5.93. The second kappa shape index (κ2) is 18.5. The third-order valence-corrected chi connectivity index (χ3v) is 9.68. The minimum atomic E-state index is -3.77. The highest BCUT2D eigenvalue weighted by molar-refractivity contribution is 7.59. The van der Waals surface area contributed by atoms with Crippen molar-refractivity contribution in [2.45, 2.75) is 136 Å². The van der Waals surface area contributed by atoms with Gasteiger partial charge in [-0.2, -0.15) is 0 Å². The lowest BCUT2D eigenvalue weighted by atomic mass is 10.1. The Kier molecular flexibility index (Phi) is 15.9. The number of rotatable bonds is 23. The maximum atomic E-state index is 14.5. The molecule has 0 aromatic carbocycles. The Morgan fingerprint density at radius 3 is 1.89 bits per heavy atom. The summed E-state index contributed by atoms with van der Waals surface area (Å²) in [7, 11) is -3.77. The summed E-state index contributed by atoms with van der Waals surface area (Å²) >= 11 is 0. The maximum Gasteiger partial charge on any atom is 0.326 e. The van der Waals surface area contributed by atoms with Crippen molar-refractivity contribution in [3.8, 4) is 0 Å². The van der Waals surface area contributed by atoms with Crippen LogP contribution in [-0.2, 0) is 34.9 Å². The van der Waals surface area contributed by atoms with Crippen molar-refractivity contribution in [1.29, 1.82) is 0 Å². The fourth-order valence-electron chi connectivity index (χ4n) is 4.78. The molecule has 0 aliphatic rings. The molecule has 0 aliphatic carbocycles. The summed E-state index contributed by atoms with van der Waals surface area (Å²) in [6.07, 6.45) is 12.4. The van der Waals surface area contributed by atoms with Gasteiger partial charge in [-0.1, -0.05) is 65.2 Å². The lowest BCUT2D eigenvalue weighted by Gasteiger charge is -2.35. The molecule has 0 amide bonds. The Hall–Kier alpha value is -2.60. The lowest BCUT2D eigenvalue weighted by Crippen LogP contribution is -2.54. The molecule has 45 heavy (non-hydrogen) atoms. The third-order valence-electron chi connectivity index (χ3n) is 7.33. The zero-order chi connectivity index (χ0) is 33.5. The number of hydrogen-bond acceptors (Lipinski definition) is 10. The molecule has 0 radical (unpaired) electrons. The highest BCUT2D eigenvalue weighted by Crippen LogP contribution is 2.42. The first-order valence-corrected chi connectivity index (χ1v) is 18.2. The van der Waals surface area contributed by atoms with Gasteiger partial charge in [-0.3, -0.25) is 14.2 Å². The Balaban J connectivity index is 2.12. The van der Waals surface area contributed by atoms with Crippen molar-refractivity contribution in [3.05, 3.63) is 12.7 Å². The van der Waals surface area contributed by atoms with Crippen LogP contribution in [0, 0.1) is 0 Å². The van der Waals surface area contributed by atoms with Gasteiger partial charge in [-0.05, 0) is 47.5 Å². The number of nitrogens with one attached hydrogen (secondary N) is 2. The molecule has 14 heteroatoms. The fraction of sp³-hybridized carbons (Fsp3) is 0.774. The number of fused-ring (bicyclic) bond motifs is 1. The molecule has 2 aromatic heterocycles. The number of hydrogen-bond donors (Lipinski definition) is 3. The number of carbonyl (C=O) groups is 2. The average molecular weight is 654 g/mol. The van der Waals surface area contributed by atoms with Crippen molar-refractivity contribution in [2.75, 3.05) is 25.3 Å². The Morgan fingerprint density at radius 2 is 1.38 bits per heavy atom. The van der Waals surface area contributed by atoms with E-state index < -0.39 is 36.6 Å². The van der Waals surface area contributed by atoms with E-state index in [4.69, 9.17) is 19.9 Å². The summed E-state index contributed by atoms with van der Waals surface area (Å²) in [5.41, 5.74) is 4.26. The molecule has 0 bridgehead atoms. The number of esters is 2. The van der Waals surface area contributed by atoms with E-state index >= 15 is 0 Å². The molecule has 0 spiro atoms. The van der Waals surface area contributed by atoms with Gasteiger partial charge in [0.05, 0.1) is 32.2 Å². The van der Waals surface area contributed by atoms with Crippen LogP contribution in [-0.4, -0.2) is 68.2 Å². The zero-order valence-corrected chi connectivity index (χ0v) is 29.3. The molecule has 2 heterocycles. The molecule has 0 saturated carbocycles. The normalized spacial score (nSPS) is 13.2. The number of nitrogens with zero attached hydrogens (tertiary/aromatic N) is 4. The number of nitrogens with two attached hydrogens (primary N) is 1. The Labute approximate surface area is 268 Å². The minimum absolute atomic E-state index is 0.273. The molecule has 2 rings (SSSR count). The van der Waals surface area contributed by atoms with E-state index in [-0.39, 0.29) is 25.4 Å². The van der Waals surface area contributed by atoms with Crippen molar-refractivity contribution in [2.24, 2.45) is 0 Å². The van der Waals surface area contributed by atoms with E-state index in [0.717, 1.165) is 64.2 Å². The van der Waals surface area contributed by atoms with Gasteiger partial charge < -0.3 is 24.5 Å². The van der Waals surface area contributed by atoms with Crippen LogP contribution in [0.2, 0.25) is 0 Å². The van der Waals surface area contributed by atoms with E-state index in [1.165, 1.54) is 6.33 Å². The largest absolute Gasteiger partial charge is 0.464 e. The second-order valence-corrected chi connectivity index (χ2v) is 14.9. The van der Waals surface area contributed by atoms with Gasteiger partial charge in [0.25, 0.3) is 0 Å². The van der Waals surface area contributed by atoms with Crippen LogP contribution >= 0.6 is 7.44 Å². The zero-order valence-electron chi connectivity index (χ0n) is 28.4. The van der Waals surface area contributed by atoms with E-state index in [1.807, 2.05) is 6.92 Å². The molecular weight excluding hydrogens is 597 g/mol. The maximum absolute atomic E-state index is 14.5. The molecule has 0 aliphatic heterocycles. The number of unbranched alkanes of at least 4 members (excludes halogenated alkanes) is 8. The summed E-state index contributed by atoms with van der Waals surface area (Å²) in [6, 6.07) is 0. The van der Waals surface area contributed by atoms with Gasteiger partial charge in [-0.25, -0.2) is 25.1 Å². The van der Waals surface area contributed by atoms with Crippen molar-refractivity contribution in [1.82, 2.24) is 29.7 Å². The van der Waals surface area contributed by atoms with Crippen LogP contribution in [0.1, 0.15) is 113 Å². The standard InChI is InChI=1S/C31H56N7O6P/c1-8-10-12-14-16-18-42-28(39)30(4,5)36-45(41,37-31(6,7)29(40)43-19-17-15-13-11-9-2)23-44-24(3)20-38-22-35-25-26(32)33-21-34-27(25)38/h21-22,24H,8-20,23H2,1-7H3,(H2,32,33,34)(H2,36,37,41)/t24-/m1/s1. The predicted molar refractivity (Wildman–Crippen MR) is 177 cm³/mol. The molecule has 13 nitrogen and oxygen atoms in total. The van der Waals surface area contributed by atoms with E-state index in [2.05, 4.69) is 39.0 Å². The lowest BCUT2D eigenvalue weighted by molar-refractivity contribution is -0.149. The van der Waals surface area contributed by atoms with E-state index in [1.54, 1.807) is 38.6 Å². The number of nitrogen functional groups attached to an aromatic ring is 1. The molecule has 2 aromatic rings. The summed E-state index contributed by atoms with van der Waals surface area (Å²) in [5.74, 6) is -0.805. The third kappa shape index (κ3) is 13.0. The van der Waals surface area contributed by atoms with Crippen molar-refractivity contribution in [3.63, 3.8) is 0 Å². The summed E-state index contributed by atoms with van der Waals surface area (Å²) in [6.45, 7) is 13.4. The van der Waals surface area contributed by atoms with E-state index in [0.29, 0.717) is 17.7 Å². The molecule has 1 atom stereocenters. The van der Waals surface area contributed by atoms with Gasteiger partial charge in [-0.15, -0.1) is 0 Å². The van der Waals surface area contributed by atoms with Crippen molar-refractivity contribution >= 4 is 36.4 Å². The monoisotopic (exact) mass is 653 g/mol. The predicted octanol–water partition coefficient (Wildman–Crippen LogP) is 5.73. The Bertz CT molecular complexity index is 1210. The SMILES string of the molecule is CCCCCCCOC(=O)C(C)(C)NP(=O)(CO[C@H](C)Cn1cnc2c(N)ncnc21)NC(C)(C)C(=O)OCCCCCCC. The number of imidazole rings is 1. The average Bonchev–Trinajstić information content (AvgIpc) is 3.38. The quantitative estimate of drug-likeness (QED) is 0.0757. The molecule has 4 N–H and O–H groups in total. The molecular formula is C31H56N7O6P. The van der Waals surface area contributed by atoms with Gasteiger partial charge in [0.1, 0.15) is 29.3 Å². The molecule has 256 valence electrons. The van der Waals surface area contributed by atoms with Gasteiger partial charge in [0.2, 0.25) is 7.44 Å². The summed E-state index contributed by atoms with van der Waals surface area (Å²) < 4.78 is 33.4. The number of carbonyl (C=O) groups excluding carboxylic acids is 2. The first-order chi connectivity index (χ1) is 21.2. The summed E-state index contributed by atoms with van der Waals surface area (Å²) in [4.78, 5) is 38.7. The van der Waals surface area contributed by atoms with Gasteiger partial charge in [0, 0.05) is 0 Å². The molecule has 0 unspecified atom stereocenters. The van der Waals surface area contributed by atoms with Gasteiger partial charge >= 0.3 is 11.9 Å². The molecule has 0 fully saturated rings. The first kappa shape index (κ1) is 38.6. The number of anilines is 1. The van der Waals surface area contributed by atoms with Crippen LogP contribution in [0.3, 0.4) is 0 Å². The van der Waals surface area contributed by atoms with E-state index in [9.17, 15) is 14.2 Å². The first-order valence-electron chi connectivity index (χ1n) is 16.3. The van der Waals surface area contributed by atoms with Crippen LogP contribution in [0.25, 0.3) is 11.2 Å². The topological polar surface area (TPSA) is 173 Å². The van der Waals surface area contributed by atoms with Crippen LogP contribution in [0.5, 0.6) is 0 Å². The smallest absolute Gasteiger partial charge is 0.326 e. The number of aromatic nitrogens is 4. The molecule has 0 saturated heterocycles. The fourth-order valence-corrected chi connectivity index (χ4v) is 7.42. The highest BCUT2D eigenvalue weighted by Gasteiger charge is 2.43. The Morgan fingerprint density at radius 1 is 0.867 bits per heavy atom. The van der Waals surface area contributed by atoms with Crippen molar-refractivity contribution < 1.29 is 28.4 Å². The highest BCUT2D eigenvalue weighted by atomic mass is 31.2. The van der Waals surface area contributed by atoms with Crippen LogP contribution in [0.4, 0.5) is 5.82 Å². The number of ether oxygens (including phenoxy) is 3. The van der Waals surface area contributed by atoms with Crippen LogP contribution in [0.15, 0.2) is 12.7 Å². The second-order valence-electron chi connectivity index (χ2n) is 12.7. The van der Waals surface area contributed by atoms with Gasteiger partial charge in [0.15, 0.2) is 11.5 Å². The minimum Gasteiger partial charge on any atom is -0.464 e. The van der Waals surface area contributed by atoms with Crippen LogP contribution < -0.4 is 15.9 Å².